The summed E-state index contributed by atoms with van der Waals surface area (Å²) in [7, 11) is 0. The number of nitro benzene ring substituents is 1. The summed E-state index contributed by atoms with van der Waals surface area (Å²) in [5, 5.41) is 12.1. The van der Waals surface area contributed by atoms with Gasteiger partial charge >= 0.3 is 0 Å². The molecule has 4 bridgehead atoms. The van der Waals surface area contributed by atoms with Crippen LogP contribution in [-0.4, -0.2) is 11.2 Å². The molecular formula is C19H19NO4. The Hall–Kier alpha value is -2.17. The molecule has 0 aliphatic heterocycles. The monoisotopic (exact) mass is 325 g/mol. The molecule has 4 fully saturated rings. The summed E-state index contributed by atoms with van der Waals surface area (Å²) in [6.07, 6.45) is 7.93. The molecule has 5 heteroatoms. The van der Waals surface area contributed by atoms with Crippen molar-refractivity contribution >= 4 is 22.9 Å². The molecule has 4 aliphatic rings. The largest absolute Gasteiger partial charge is 0.453 e. The number of aldehydes is 1. The lowest BCUT2D eigenvalue weighted by atomic mass is 9.48. The highest BCUT2D eigenvalue weighted by atomic mass is 16.6. The lowest BCUT2D eigenvalue weighted by Crippen LogP contribution is -2.48. The third-order valence-electron chi connectivity index (χ3n) is 6.56. The summed E-state index contributed by atoms with van der Waals surface area (Å²) >= 11 is 0. The topological polar surface area (TPSA) is 73.3 Å². The van der Waals surface area contributed by atoms with E-state index < -0.39 is 0 Å². The molecule has 2 aromatic rings. The Morgan fingerprint density at radius 1 is 1.08 bits per heavy atom. The quantitative estimate of drug-likeness (QED) is 0.469. The summed E-state index contributed by atoms with van der Waals surface area (Å²) in [5.74, 6) is 2.47. The van der Waals surface area contributed by atoms with E-state index in [1.165, 1.54) is 25.3 Å². The van der Waals surface area contributed by atoms with Crippen LogP contribution in [0.5, 0.6) is 0 Å². The number of carbonyl (C=O) groups is 1. The Balaban J connectivity index is 1.74. The normalized spacial score (nSPS) is 33.9. The van der Waals surface area contributed by atoms with Gasteiger partial charge in [-0.3, -0.25) is 14.9 Å². The number of furan rings is 1. The minimum Gasteiger partial charge on any atom is -0.453 e. The van der Waals surface area contributed by atoms with E-state index in [2.05, 4.69) is 0 Å². The average molecular weight is 325 g/mol. The molecule has 0 N–H and O–H groups in total. The zero-order valence-electron chi connectivity index (χ0n) is 13.4. The van der Waals surface area contributed by atoms with Gasteiger partial charge in [-0.15, -0.1) is 0 Å². The number of rotatable bonds is 3. The molecule has 6 rings (SSSR count). The third kappa shape index (κ3) is 1.90. The van der Waals surface area contributed by atoms with E-state index in [-0.39, 0.29) is 21.8 Å². The molecule has 1 aromatic carbocycles. The highest BCUT2D eigenvalue weighted by molar-refractivity contribution is 5.89. The molecule has 0 unspecified atom stereocenters. The second-order valence-corrected chi connectivity index (χ2v) is 8.13. The van der Waals surface area contributed by atoms with Crippen LogP contribution in [0.25, 0.3) is 11.0 Å². The van der Waals surface area contributed by atoms with Gasteiger partial charge in [0.05, 0.1) is 4.92 Å². The Morgan fingerprint density at radius 3 is 2.25 bits per heavy atom. The smallest absolute Gasteiger partial charge is 0.270 e. The van der Waals surface area contributed by atoms with E-state index in [0.29, 0.717) is 17.3 Å². The summed E-state index contributed by atoms with van der Waals surface area (Å²) in [6, 6.07) is 4.86. The molecule has 5 nitrogen and oxygen atoms in total. The summed E-state index contributed by atoms with van der Waals surface area (Å²) in [4.78, 5) is 22.2. The molecular weight excluding hydrogens is 306 g/mol. The van der Waals surface area contributed by atoms with Crippen LogP contribution >= 0.6 is 0 Å². The van der Waals surface area contributed by atoms with Gasteiger partial charge in [-0.2, -0.15) is 0 Å². The van der Waals surface area contributed by atoms with Gasteiger partial charge in [0.25, 0.3) is 5.69 Å². The van der Waals surface area contributed by atoms with Crippen molar-refractivity contribution in [2.24, 2.45) is 17.8 Å². The van der Waals surface area contributed by atoms with Crippen LogP contribution in [-0.2, 0) is 5.41 Å². The zero-order valence-corrected chi connectivity index (χ0v) is 13.4. The van der Waals surface area contributed by atoms with E-state index in [4.69, 9.17) is 4.42 Å². The molecule has 0 spiro atoms. The van der Waals surface area contributed by atoms with Gasteiger partial charge < -0.3 is 4.42 Å². The first-order valence-electron chi connectivity index (χ1n) is 8.74. The minimum absolute atomic E-state index is 0.00295. The molecule has 4 saturated carbocycles. The second kappa shape index (κ2) is 4.68. The fourth-order valence-electron chi connectivity index (χ4n) is 6.16. The number of nitrogens with zero attached hydrogens (tertiary/aromatic N) is 1. The van der Waals surface area contributed by atoms with E-state index in [9.17, 15) is 14.9 Å². The van der Waals surface area contributed by atoms with Gasteiger partial charge in [0.15, 0.2) is 12.0 Å². The van der Waals surface area contributed by atoms with Crippen LogP contribution in [0.4, 0.5) is 5.69 Å². The Morgan fingerprint density at radius 2 is 1.71 bits per heavy atom. The van der Waals surface area contributed by atoms with E-state index in [1.807, 2.05) is 0 Å². The van der Waals surface area contributed by atoms with Crippen LogP contribution in [0, 0.1) is 27.9 Å². The first-order valence-corrected chi connectivity index (χ1v) is 8.74. The number of nitro groups is 1. The molecule has 0 atom stereocenters. The van der Waals surface area contributed by atoms with Crippen molar-refractivity contribution < 1.29 is 14.1 Å². The van der Waals surface area contributed by atoms with Crippen LogP contribution in [0.1, 0.15) is 54.6 Å². The standard InChI is InChI=1S/C19H19NO4/c21-10-16-5-14-4-15(20(22)23)6-17(18(14)24-16)19-7-11-1-12(8-19)3-13(2-11)9-19/h4-6,10-13H,1-3,7-9H2. The molecule has 1 aromatic heterocycles. The molecule has 124 valence electrons. The molecule has 0 radical (unpaired) electrons. The second-order valence-electron chi connectivity index (χ2n) is 8.13. The maximum absolute atomic E-state index is 11.4. The summed E-state index contributed by atoms with van der Waals surface area (Å²) < 4.78 is 5.78. The number of hydrogen-bond donors (Lipinski definition) is 0. The molecule has 0 amide bonds. The van der Waals surface area contributed by atoms with Crippen molar-refractivity contribution in [1.82, 2.24) is 0 Å². The van der Waals surface area contributed by atoms with Crippen molar-refractivity contribution in [2.45, 2.75) is 43.9 Å². The van der Waals surface area contributed by atoms with Crippen LogP contribution in [0.15, 0.2) is 22.6 Å². The first kappa shape index (κ1) is 14.2. The molecule has 0 saturated heterocycles. The molecule has 24 heavy (non-hydrogen) atoms. The van der Waals surface area contributed by atoms with Crippen molar-refractivity contribution in [3.05, 3.63) is 39.6 Å². The number of non-ortho nitro benzene ring substituents is 1. The maximum Gasteiger partial charge on any atom is 0.270 e. The first-order chi connectivity index (χ1) is 11.6. The molecule has 4 aliphatic carbocycles. The fourth-order valence-corrected chi connectivity index (χ4v) is 6.16. The lowest BCUT2D eigenvalue weighted by molar-refractivity contribution is -0.384. The number of hydrogen-bond acceptors (Lipinski definition) is 4. The van der Waals surface area contributed by atoms with E-state index in [1.54, 1.807) is 12.1 Å². The van der Waals surface area contributed by atoms with Crippen molar-refractivity contribution in [3.8, 4) is 0 Å². The highest BCUT2D eigenvalue weighted by Crippen LogP contribution is 2.61. The van der Waals surface area contributed by atoms with Crippen molar-refractivity contribution in [2.75, 3.05) is 0 Å². The Labute approximate surface area is 139 Å². The van der Waals surface area contributed by atoms with Crippen LogP contribution in [0.2, 0.25) is 0 Å². The van der Waals surface area contributed by atoms with Gasteiger partial charge in [-0.1, -0.05) is 0 Å². The van der Waals surface area contributed by atoms with Crippen molar-refractivity contribution in [1.29, 1.82) is 0 Å². The fraction of sp³-hybridized carbons (Fsp3) is 0.526. The summed E-state index contributed by atoms with van der Waals surface area (Å²) in [5.41, 5.74) is 1.76. The summed E-state index contributed by atoms with van der Waals surface area (Å²) in [6.45, 7) is 0. The van der Waals surface area contributed by atoms with Gasteiger partial charge in [-0.05, 0) is 62.3 Å². The minimum atomic E-state index is -0.336. The predicted octanol–water partition coefficient (Wildman–Crippen LogP) is 4.62. The van der Waals surface area contributed by atoms with E-state index >= 15 is 0 Å². The average Bonchev–Trinajstić information content (AvgIpc) is 2.95. The molecule has 1 heterocycles. The highest BCUT2D eigenvalue weighted by Gasteiger charge is 2.52. The zero-order chi connectivity index (χ0) is 16.5. The van der Waals surface area contributed by atoms with Gasteiger partial charge in [0, 0.05) is 28.5 Å². The van der Waals surface area contributed by atoms with Crippen LogP contribution in [0.3, 0.4) is 0 Å². The van der Waals surface area contributed by atoms with Gasteiger partial charge in [0.2, 0.25) is 0 Å². The van der Waals surface area contributed by atoms with Crippen molar-refractivity contribution in [3.63, 3.8) is 0 Å². The van der Waals surface area contributed by atoms with E-state index in [0.717, 1.165) is 42.6 Å². The SMILES string of the molecule is O=Cc1cc2cc([N+](=O)[O-])cc(C34CC5CC(CC(C5)C3)C4)c2o1. The number of fused-ring (bicyclic) bond motifs is 1. The van der Waals surface area contributed by atoms with Gasteiger partial charge in [0.1, 0.15) is 5.58 Å². The third-order valence-corrected chi connectivity index (χ3v) is 6.56. The predicted molar refractivity (Wildman–Crippen MR) is 88.1 cm³/mol. The number of carbonyl (C=O) groups excluding carboxylic acids is 1. The Bertz CT molecular complexity index is 830. The lowest BCUT2D eigenvalue weighted by Gasteiger charge is -2.57. The Kier molecular flexibility index (Phi) is 2.77. The van der Waals surface area contributed by atoms with Gasteiger partial charge in [-0.25, -0.2) is 0 Å². The maximum atomic E-state index is 11.4. The number of benzene rings is 1. The van der Waals surface area contributed by atoms with Crippen LogP contribution < -0.4 is 0 Å².